The Morgan fingerprint density at radius 3 is 2.67 bits per heavy atom. The molecule has 1 aromatic carbocycles. The number of carbonyl (C=O) groups is 1. The van der Waals surface area contributed by atoms with E-state index in [4.69, 9.17) is 9.47 Å². The van der Waals surface area contributed by atoms with Crippen LogP contribution in [0.5, 0.6) is 11.5 Å². The molecule has 1 N–H and O–H groups in total. The van der Waals surface area contributed by atoms with Gasteiger partial charge in [-0.1, -0.05) is 6.92 Å². The first-order chi connectivity index (χ1) is 8.75. The minimum atomic E-state index is 0.0637. The number of hydrogen-bond donors (Lipinski definition) is 1. The molecule has 4 heteroatoms. The molecular formula is C14H17NO3. The Balaban J connectivity index is 1.80. The molecule has 3 rings (SSSR count). The van der Waals surface area contributed by atoms with Crippen molar-refractivity contribution in [2.45, 2.75) is 6.92 Å². The lowest BCUT2D eigenvalue weighted by Crippen LogP contribution is -2.47. The molecule has 1 atom stereocenters. The van der Waals surface area contributed by atoms with E-state index in [0.717, 1.165) is 24.4 Å². The van der Waals surface area contributed by atoms with E-state index < -0.39 is 0 Å². The highest BCUT2D eigenvalue weighted by atomic mass is 16.6. The summed E-state index contributed by atoms with van der Waals surface area (Å²) in [6.07, 6.45) is 0. The Bertz CT molecular complexity index is 468. The van der Waals surface area contributed by atoms with Crippen molar-refractivity contribution in [1.82, 2.24) is 5.32 Å². The molecule has 0 aromatic heterocycles. The molecule has 0 spiro atoms. The fraction of sp³-hybridized carbons (Fsp3) is 0.500. The number of benzene rings is 1. The van der Waals surface area contributed by atoms with Gasteiger partial charge in [0.15, 0.2) is 17.3 Å². The Labute approximate surface area is 106 Å². The third-order valence-electron chi connectivity index (χ3n) is 3.76. The van der Waals surface area contributed by atoms with E-state index in [9.17, 15) is 4.79 Å². The van der Waals surface area contributed by atoms with Crippen molar-refractivity contribution >= 4 is 5.78 Å². The minimum Gasteiger partial charge on any atom is -0.486 e. The summed E-state index contributed by atoms with van der Waals surface area (Å²) in [5.74, 6) is 2.14. The van der Waals surface area contributed by atoms with E-state index in [1.54, 1.807) is 6.07 Å². The summed E-state index contributed by atoms with van der Waals surface area (Å²) in [4.78, 5) is 12.3. The smallest absolute Gasteiger partial charge is 0.166 e. The molecule has 2 aliphatic rings. The standard InChI is InChI=1S/C14H17NO3/c1-9(11-7-15-8-11)14(16)10-2-3-12-13(6-10)18-5-4-17-12/h2-3,6,9,11,15H,4-5,7-8H2,1H3. The zero-order valence-electron chi connectivity index (χ0n) is 10.4. The highest BCUT2D eigenvalue weighted by molar-refractivity contribution is 5.98. The molecule has 2 heterocycles. The van der Waals surface area contributed by atoms with Gasteiger partial charge in [-0.25, -0.2) is 0 Å². The van der Waals surface area contributed by atoms with E-state index in [1.165, 1.54) is 0 Å². The highest BCUT2D eigenvalue weighted by Gasteiger charge is 2.29. The zero-order valence-corrected chi connectivity index (χ0v) is 10.4. The average Bonchev–Trinajstić information content (AvgIpc) is 2.35. The molecule has 4 nitrogen and oxygen atoms in total. The van der Waals surface area contributed by atoms with Crippen molar-refractivity contribution in [2.75, 3.05) is 26.3 Å². The van der Waals surface area contributed by atoms with E-state index in [2.05, 4.69) is 5.32 Å². The fourth-order valence-electron chi connectivity index (χ4n) is 2.34. The van der Waals surface area contributed by atoms with Crippen LogP contribution in [0.4, 0.5) is 0 Å². The molecule has 0 radical (unpaired) electrons. The van der Waals surface area contributed by atoms with E-state index >= 15 is 0 Å². The third-order valence-corrected chi connectivity index (χ3v) is 3.76. The first kappa shape index (κ1) is 11.5. The van der Waals surface area contributed by atoms with E-state index in [-0.39, 0.29) is 11.7 Å². The van der Waals surface area contributed by atoms with Crippen LogP contribution in [-0.2, 0) is 0 Å². The van der Waals surface area contributed by atoms with Gasteiger partial charge in [-0.05, 0) is 37.2 Å². The maximum Gasteiger partial charge on any atom is 0.166 e. The van der Waals surface area contributed by atoms with Gasteiger partial charge in [-0.3, -0.25) is 4.79 Å². The summed E-state index contributed by atoms with van der Waals surface area (Å²) in [6, 6.07) is 5.46. The molecule has 0 amide bonds. The molecule has 18 heavy (non-hydrogen) atoms. The second kappa shape index (κ2) is 4.61. The molecule has 0 saturated carbocycles. The van der Waals surface area contributed by atoms with Crippen molar-refractivity contribution in [1.29, 1.82) is 0 Å². The second-order valence-corrected chi connectivity index (χ2v) is 4.93. The van der Waals surface area contributed by atoms with Gasteiger partial charge in [-0.15, -0.1) is 0 Å². The van der Waals surface area contributed by atoms with Crippen LogP contribution in [0.15, 0.2) is 18.2 Å². The maximum atomic E-state index is 12.3. The molecule has 1 aromatic rings. The predicted molar refractivity (Wildman–Crippen MR) is 67.3 cm³/mol. The molecule has 0 bridgehead atoms. The normalized spacial score (nSPS) is 20.1. The van der Waals surface area contributed by atoms with Crippen LogP contribution in [0.2, 0.25) is 0 Å². The molecule has 1 fully saturated rings. The number of carbonyl (C=O) groups excluding carboxylic acids is 1. The summed E-state index contributed by atoms with van der Waals surface area (Å²) in [5, 5.41) is 3.20. The lowest BCUT2D eigenvalue weighted by atomic mass is 9.83. The van der Waals surface area contributed by atoms with Crippen LogP contribution in [0.1, 0.15) is 17.3 Å². The number of nitrogens with one attached hydrogen (secondary N) is 1. The molecule has 1 unspecified atom stereocenters. The van der Waals surface area contributed by atoms with Crippen LogP contribution in [-0.4, -0.2) is 32.1 Å². The van der Waals surface area contributed by atoms with Crippen LogP contribution in [0.3, 0.4) is 0 Å². The largest absolute Gasteiger partial charge is 0.486 e. The van der Waals surface area contributed by atoms with Gasteiger partial charge >= 0.3 is 0 Å². The molecule has 96 valence electrons. The Kier molecular flexibility index (Phi) is 2.96. The number of Topliss-reactive ketones (excluding diaryl/α,β-unsaturated/α-hetero) is 1. The van der Waals surface area contributed by atoms with Gasteiger partial charge in [0.25, 0.3) is 0 Å². The van der Waals surface area contributed by atoms with Gasteiger partial charge in [0, 0.05) is 11.5 Å². The average molecular weight is 247 g/mol. The zero-order chi connectivity index (χ0) is 12.5. The Hall–Kier alpha value is -1.55. The number of rotatable bonds is 3. The quantitative estimate of drug-likeness (QED) is 0.822. The Morgan fingerprint density at radius 2 is 2.00 bits per heavy atom. The third kappa shape index (κ3) is 1.97. The first-order valence-electron chi connectivity index (χ1n) is 6.40. The predicted octanol–water partition coefficient (Wildman–Crippen LogP) is 1.50. The summed E-state index contributed by atoms with van der Waals surface area (Å²) in [6.45, 7) is 5.01. The topological polar surface area (TPSA) is 47.6 Å². The lowest BCUT2D eigenvalue weighted by molar-refractivity contribution is 0.0853. The van der Waals surface area contributed by atoms with E-state index in [1.807, 2.05) is 19.1 Å². The lowest BCUT2D eigenvalue weighted by Gasteiger charge is -2.31. The maximum absolute atomic E-state index is 12.3. The van der Waals surface area contributed by atoms with Crippen molar-refractivity contribution in [3.63, 3.8) is 0 Å². The molecule has 2 aliphatic heterocycles. The van der Waals surface area contributed by atoms with Crippen LogP contribution in [0.25, 0.3) is 0 Å². The highest BCUT2D eigenvalue weighted by Crippen LogP contribution is 2.32. The SMILES string of the molecule is CC(C(=O)c1ccc2c(c1)OCCO2)C1CNC1. The van der Waals surface area contributed by atoms with Gasteiger partial charge in [0.1, 0.15) is 13.2 Å². The van der Waals surface area contributed by atoms with Gasteiger partial charge in [0.05, 0.1) is 0 Å². The van der Waals surface area contributed by atoms with Crippen LogP contribution < -0.4 is 14.8 Å². The van der Waals surface area contributed by atoms with Crippen molar-refractivity contribution in [3.8, 4) is 11.5 Å². The Morgan fingerprint density at radius 1 is 1.28 bits per heavy atom. The van der Waals surface area contributed by atoms with Gasteiger partial charge < -0.3 is 14.8 Å². The monoisotopic (exact) mass is 247 g/mol. The number of ketones is 1. The van der Waals surface area contributed by atoms with Gasteiger partial charge in [0.2, 0.25) is 0 Å². The van der Waals surface area contributed by atoms with Crippen molar-refractivity contribution in [3.05, 3.63) is 23.8 Å². The first-order valence-corrected chi connectivity index (χ1v) is 6.40. The fourth-order valence-corrected chi connectivity index (χ4v) is 2.34. The number of fused-ring (bicyclic) bond motifs is 1. The summed E-state index contributed by atoms with van der Waals surface area (Å²) in [7, 11) is 0. The summed E-state index contributed by atoms with van der Waals surface area (Å²) in [5.41, 5.74) is 0.721. The van der Waals surface area contributed by atoms with Crippen molar-refractivity contribution < 1.29 is 14.3 Å². The second-order valence-electron chi connectivity index (χ2n) is 4.93. The molecule has 0 aliphatic carbocycles. The van der Waals surface area contributed by atoms with E-state index in [0.29, 0.717) is 24.9 Å². The van der Waals surface area contributed by atoms with Crippen LogP contribution in [0, 0.1) is 11.8 Å². The number of hydrogen-bond acceptors (Lipinski definition) is 4. The number of ether oxygens (including phenoxy) is 2. The van der Waals surface area contributed by atoms with Crippen molar-refractivity contribution in [2.24, 2.45) is 11.8 Å². The van der Waals surface area contributed by atoms with Gasteiger partial charge in [-0.2, -0.15) is 0 Å². The minimum absolute atomic E-state index is 0.0637. The summed E-state index contributed by atoms with van der Waals surface area (Å²) >= 11 is 0. The molecule has 1 saturated heterocycles. The summed E-state index contributed by atoms with van der Waals surface area (Å²) < 4.78 is 11.0. The molecular weight excluding hydrogens is 230 g/mol. The van der Waals surface area contributed by atoms with Crippen LogP contribution >= 0.6 is 0 Å².